The zero-order chi connectivity index (χ0) is 19.2. The van der Waals surface area contributed by atoms with Crippen LogP contribution in [0.15, 0.2) is 47.7 Å². The van der Waals surface area contributed by atoms with Gasteiger partial charge in [0.15, 0.2) is 0 Å². The van der Waals surface area contributed by atoms with E-state index in [0.717, 1.165) is 5.56 Å². The molecule has 0 spiro atoms. The molecule has 0 fully saturated rings. The van der Waals surface area contributed by atoms with Crippen molar-refractivity contribution < 1.29 is 4.79 Å². The van der Waals surface area contributed by atoms with E-state index in [0.29, 0.717) is 35.4 Å². The van der Waals surface area contributed by atoms with Crippen molar-refractivity contribution in [1.29, 1.82) is 5.26 Å². The molecule has 136 valence electrons. The molecule has 0 aliphatic heterocycles. The molecule has 1 amide bonds. The number of anilines is 1. The second kappa shape index (κ2) is 8.10. The predicted octanol–water partition coefficient (Wildman–Crippen LogP) is 1.20. The van der Waals surface area contributed by atoms with Gasteiger partial charge in [0.2, 0.25) is 5.91 Å². The Hall–Kier alpha value is -3.73. The number of hydrogen-bond donors (Lipinski definition) is 2. The Morgan fingerprint density at radius 2 is 2.07 bits per heavy atom. The van der Waals surface area contributed by atoms with E-state index in [1.807, 2.05) is 19.1 Å². The van der Waals surface area contributed by atoms with Gasteiger partial charge in [-0.15, -0.1) is 0 Å². The number of aromatic nitrogens is 3. The molecule has 0 bridgehead atoms. The molecule has 2 N–H and O–H groups in total. The standard InChI is InChI=1S/C19H18N6O2/c1-13-4-2-6-15-17(13)24-12-25(19(15)27)11-16(26)21-8-9-23-18-14(10-20)5-3-7-22-18/h2-7,12H,8-9,11H2,1H3,(H,21,26)(H,22,23). The fourth-order valence-electron chi connectivity index (χ4n) is 2.68. The number of benzene rings is 1. The SMILES string of the molecule is Cc1cccc2c(=O)n(CC(=O)NCCNc3ncccc3C#N)cnc12. The maximum atomic E-state index is 12.5. The monoisotopic (exact) mass is 362 g/mol. The highest BCUT2D eigenvalue weighted by Gasteiger charge is 2.09. The third kappa shape index (κ3) is 4.10. The highest BCUT2D eigenvalue weighted by molar-refractivity contribution is 5.81. The molecule has 1 aromatic carbocycles. The van der Waals surface area contributed by atoms with Gasteiger partial charge in [0.25, 0.3) is 5.56 Å². The first kappa shape index (κ1) is 18.1. The summed E-state index contributed by atoms with van der Waals surface area (Å²) in [4.78, 5) is 33.0. The second-order valence-electron chi connectivity index (χ2n) is 5.94. The quantitative estimate of drug-likeness (QED) is 0.637. The third-order valence-electron chi connectivity index (χ3n) is 4.04. The molecule has 3 rings (SSSR count). The van der Waals surface area contributed by atoms with Gasteiger partial charge in [0.05, 0.1) is 22.8 Å². The van der Waals surface area contributed by atoms with E-state index in [2.05, 4.69) is 20.6 Å². The van der Waals surface area contributed by atoms with Gasteiger partial charge in [0, 0.05) is 19.3 Å². The lowest BCUT2D eigenvalue weighted by atomic mass is 10.1. The molecule has 0 aliphatic carbocycles. The Kier molecular flexibility index (Phi) is 5.42. The number of para-hydroxylation sites is 1. The summed E-state index contributed by atoms with van der Waals surface area (Å²) in [5.74, 6) is 0.175. The summed E-state index contributed by atoms with van der Waals surface area (Å²) >= 11 is 0. The van der Waals surface area contributed by atoms with Crippen LogP contribution in [-0.4, -0.2) is 33.5 Å². The van der Waals surface area contributed by atoms with Gasteiger partial charge in [-0.05, 0) is 30.7 Å². The largest absolute Gasteiger partial charge is 0.367 e. The minimum Gasteiger partial charge on any atom is -0.367 e. The minimum atomic E-state index is -0.297. The summed E-state index contributed by atoms with van der Waals surface area (Å²) in [7, 11) is 0. The van der Waals surface area contributed by atoms with Gasteiger partial charge < -0.3 is 10.6 Å². The van der Waals surface area contributed by atoms with Crippen LogP contribution in [0, 0.1) is 18.3 Å². The van der Waals surface area contributed by atoms with Crippen LogP contribution in [0.2, 0.25) is 0 Å². The number of rotatable bonds is 6. The lowest BCUT2D eigenvalue weighted by Gasteiger charge is -2.10. The Morgan fingerprint density at radius 3 is 2.89 bits per heavy atom. The van der Waals surface area contributed by atoms with Crippen molar-refractivity contribution in [1.82, 2.24) is 19.9 Å². The van der Waals surface area contributed by atoms with E-state index in [1.165, 1.54) is 10.9 Å². The van der Waals surface area contributed by atoms with Crippen molar-refractivity contribution >= 4 is 22.6 Å². The van der Waals surface area contributed by atoms with E-state index >= 15 is 0 Å². The Labute approximate surface area is 155 Å². The van der Waals surface area contributed by atoms with Crippen molar-refractivity contribution in [2.45, 2.75) is 13.5 Å². The number of nitrogens with one attached hydrogen (secondary N) is 2. The number of carbonyl (C=O) groups is 1. The number of fused-ring (bicyclic) bond motifs is 1. The third-order valence-corrected chi connectivity index (χ3v) is 4.04. The molecule has 0 unspecified atom stereocenters. The average Bonchev–Trinajstić information content (AvgIpc) is 2.68. The summed E-state index contributed by atoms with van der Waals surface area (Å²) in [6.45, 7) is 2.51. The van der Waals surface area contributed by atoms with Crippen molar-refractivity contribution in [2.75, 3.05) is 18.4 Å². The lowest BCUT2D eigenvalue weighted by molar-refractivity contribution is -0.121. The van der Waals surface area contributed by atoms with E-state index in [1.54, 1.807) is 30.5 Å². The second-order valence-corrected chi connectivity index (χ2v) is 5.94. The number of carbonyl (C=O) groups excluding carboxylic acids is 1. The maximum Gasteiger partial charge on any atom is 0.261 e. The number of hydrogen-bond acceptors (Lipinski definition) is 6. The molecule has 2 aromatic heterocycles. The predicted molar refractivity (Wildman–Crippen MR) is 101 cm³/mol. The summed E-state index contributed by atoms with van der Waals surface area (Å²) < 4.78 is 1.29. The molecular formula is C19H18N6O2. The van der Waals surface area contributed by atoms with E-state index in [4.69, 9.17) is 5.26 Å². The van der Waals surface area contributed by atoms with Gasteiger partial charge in [-0.25, -0.2) is 9.97 Å². The number of nitrogens with zero attached hydrogens (tertiary/aromatic N) is 4. The first-order chi connectivity index (χ1) is 13.1. The number of amides is 1. The van der Waals surface area contributed by atoms with Crippen molar-refractivity contribution in [3.63, 3.8) is 0 Å². The van der Waals surface area contributed by atoms with E-state index in [9.17, 15) is 9.59 Å². The normalized spacial score (nSPS) is 10.4. The molecule has 8 nitrogen and oxygen atoms in total. The van der Waals surface area contributed by atoms with Crippen molar-refractivity contribution in [3.05, 3.63) is 64.3 Å². The fourth-order valence-corrected chi connectivity index (χ4v) is 2.68. The maximum absolute atomic E-state index is 12.5. The molecule has 0 saturated heterocycles. The summed E-state index contributed by atoms with van der Waals surface area (Å²) in [5.41, 5.74) is 1.75. The average molecular weight is 362 g/mol. The highest BCUT2D eigenvalue weighted by atomic mass is 16.2. The molecule has 0 radical (unpaired) electrons. The highest BCUT2D eigenvalue weighted by Crippen LogP contribution is 2.11. The van der Waals surface area contributed by atoms with Crippen molar-refractivity contribution in [2.24, 2.45) is 0 Å². The van der Waals surface area contributed by atoms with Crippen LogP contribution in [0.3, 0.4) is 0 Å². The molecule has 0 atom stereocenters. The van der Waals surface area contributed by atoms with Crippen LogP contribution >= 0.6 is 0 Å². The summed E-state index contributed by atoms with van der Waals surface area (Å²) in [5, 5.41) is 15.2. The zero-order valence-corrected chi connectivity index (χ0v) is 14.8. The van der Waals surface area contributed by atoms with Crippen LogP contribution in [0.5, 0.6) is 0 Å². The molecule has 0 aliphatic rings. The molecule has 3 aromatic rings. The summed E-state index contributed by atoms with van der Waals surface area (Å²) in [6, 6.07) is 10.8. The summed E-state index contributed by atoms with van der Waals surface area (Å²) in [6.07, 6.45) is 2.98. The lowest BCUT2D eigenvalue weighted by Crippen LogP contribution is -2.35. The van der Waals surface area contributed by atoms with E-state index < -0.39 is 0 Å². The fraction of sp³-hybridized carbons (Fsp3) is 0.211. The Bertz CT molecular complexity index is 1080. The number of nitriles is 1. The van der Waals surface area contributed by atoms with Gasteiger partial charge in [-0.3, -0.25) is 14.2 Å². The van der Waals surface area contributed by atoms with Crippen LogP contribution in [-0.2, 0) is 11.3 Å². The smallest absolute Gasteiger partial charge is 0.261 e. The molecule has 0 saturated carbocycles. The molecule has 2 heterocycles. The first-order valence-corrected chi connectivity index (χ1v) is 8.40. The van der Waals surface area contributed by atoms with Crippen LogP contribution in [0.25, 0.3) is 10.9 Å². The minimum absolute atomic E-state index is 0.108. The first-order valence-electron chi connectivity index (χ1n) is 8.40. The number of aryl methyl sites for hydroxylation is 1. The molecule has 27 heavy (non-hydrogen) atoms. The van der Waals surface area contributed by atoms with Gasteiger partial charge in [-0.1, -0.05) is 12.1 Å². The number of pyridine rings is 1. The Morgan fingerprint density at radius 1 is 1.22 bits per heavy atom. The van der Waals surface area contributed by atoms with Crippen LogP contribution in [0.4, 0.5) is 5.82 Å². The van der Waals surface area contributed by atoms with E-state index in [-0.39, 0.29) is 18.0 Å². The van der Waals surface area contributed by atoms with Crippen LogP contribution in [0.1, 0.15) is 11.1 Å². The molecular weight excluding hydrogens is 344 g/mol. The van der Waals surface area contributed by atoms with Crippen LogP contribution < -0.4 is 16.2 Å². The molecule has 8 heteroatoms. The Balaban J connectivity index is 1.57. The van der Waals surface area contributed by atoms with Gasteiger partial charge >= 0.3 is 0 Å². The van der Waals surface area contributed by atoms with Gasteiger partial charge in [0.1, 0.15) is 18.4 Å². The zero-order valence-electron chi connectivity index (χ0n) is 14.8. The van der Waals surface area contributed by atoms with Crippen molar-refractivity contribution in [3.8, 4) is 6.07 Å². The topological polar surface area (TPSA) is 113 Å². The van der Waals surface area contributed by atoms with Gasteiger partial charge in [-0.2, -0.15) is 5.26 Å².